The number of hydrogen-bond acceptors (Lipinski definition) is 3. The van der Waals surface area contributed by atoms with E-state index in [1.54, 1.807) is 7.11 Å². The summed E-state index contributed by atoms with van der Waals surface area (Å²) >= 11 is 0. The molecule has 1 rings (SSSR count). The Hall–Kier alpha value is -0.120. The van der Waals surface area contributed by atoms with Crippen molar-refractivity contribution < 1.29 is 4.74 Å². The van der Waals surface area contributed by atoms with Crippen LogP contribution in [0.15, 0.2) is 0 Å². The van der Waals surface area contributed by atoms with Crippen molar-refractivity contribution in [3.8, 4) is 0 Å². The van der Waals surface area contributed by atoms with Crippen molar-refractivity contribution in [2.75, 3.05) is 33.9 Å². The zero-order chi connectivity index (χ0) is 12.9. The van der Waals surface area contributed by atoms with E-state index in [1.807, 2.05) is 0 Å². The molecule has 0 aliphatic heterocycles. The highest BCUT2D eigenvalue weighted by Crippen LogP contribution is 2.39. The zero-order valence-corrected chi connectivity index (χ0v) is 12.0. The Kier molecular flexibility index (Phi) is 5.90. The van der Waals surface area contributed by atoms with Crippen molar-refractivity contribution in [1.82, 2.24) is 4.90 Å². The van der Waals surface area contributed by atoms with E-state index in [-0.39, 0.29) is 0 Å². The normalized spacial score (nSPS) is 31.8. The minimum atomic E-state index is 0.342. The molecule has 17 heavy (non-hydrogen) atoms. The highest BCUT2D eigenvalue weighted by atomic mass is 16.5. The second kappa shape index (κ2) is 6.72. The summed E-state index contributed by atoms with van der Waals surface area (Å²) in [5.41, 5.74) is 6.41. The highest BCUT2D eigenvalue weighted by Gasteiger charge is 2.35. The summed E-state index contributed by atoms with van der Waals surface area (Å²) in [5, 5.41) is 0. The largest absolute Gasteiger partial charge is 0.383 e. The van der Waals surface area contributed by atoms with Gasteiger partial charge in [-0.15, -0.1) is 0 Å². The first-order valence-electron chi connectivity index (χ1n) is 6.92. The van der Waals surface area contributed by atoms with E-state index in [2.05, 4.69) is 25.8 Å². The molecule has 0 aromatic heterocycles. The van der Waals surface area contributed by atoms with Crippen LogP contribution < -0.4 is 5.73 Å². The van der Waals surface area contributed by atoms with Crippen molar-refractivity contribution in [3.05, 3.63) is 0 Å². The van der Waals surface area contributed by atoms with Crippen LogP contribution in [0, 0.1) is 11.3 Å². The Bertz CT molecular complexity index is 222. The van der Waals surface area contributed by atoms with Gasteiger partial charge in [-0.1, -0.05) is 19.8 Å². The highest BCUT2D eigenvalue weighted by molar-refractivity contribution is 4.89. The average Bonchev–Trinajstić information content (AvgIpc) is 2.29. The smallest absolute Gasteiger partial charge is 0.0615 e. The molecule has 0 saturated heterocycles. The number of nitrogens with zero attached hydrogens (tertiary/aromatic N) is 1. The molecule has 0 aromatic rings. The molecule has 3 atom stereocenters. The predicted molar refractivity (Wildman–Crippen MR) is 73.1 cm³/mol. The second-order valence-corrected chi connectivity index (χ2v) is 6.13. The third-order valence-electron chi connectivity index (χ3n) is 4.36. The van der Waals surface area contributed by atoms with Crippen molar-refractivity contribution in [2.45, 2.75) is 45.6 Å². The van der Waals surface area contributed by atoms with Gasteiger partial charge >= 0.3 is 0 Å². The lowest BCUT2D eigenvalue weighted by atomic mass is 9.69. The Morgan fingerprint density at radius 2 is 2.24 bits per heavy atom. The van der Waals surface area contributed by atoms with E-state index in [0.717, 1.165) is 25.6 Å². The quantitative estimate of drug-likeness (QED) is 0.775. The van der Waals surface area contributed by atoms with Crippen LogP contribution >= 0.6 is 0 Å². The van der Waals surface area contributed by atoms with Gasteiger partial charge in [-0.25, -0.2) is 0 Å². The molecule has 1 aliphatic carbocycles. The van der Waals surface area contributed by atoms with Gasteiger partial charge in [0.2, 0.25) is 0 Å². The molecule has 0 heterocycles. The number of ether oxygens (including phenoxy) is 1. The Morgan fingerprint density at radius 1 is 1.53 bits per heavy atom. The molecule has 2 N–H and O–H groups in total. The van der Waals surface area contributed by atoms with Crippen LogP contribution in [0.3, 0.4) is 0 Å². The molecule has 0 spiro atoms. The monoisotopic (exact) mass is 242 g/mol. The Morgan fingerprint density at radius 3 is 2.76 bits per heavy atom. The van der Waals surface area contributed by atoms with Gasteiger partial charge in [0, 0.05) is 19.7 Å². The Balaban J connectivity index is 2.55. The van der Waals surface area contributed by atoms with Gasteiger partial charge < -0.3 is 15.4 Å². The second-order valence-electron chi connectivity index (χ2n) is 6.13. The number of methoxy groups -OCH3 is 1. The Labute approximate surface area is 107 Å². The molecule has 3 unspecified atom stereocenters. The van der Waals surface area contributed by atoms with E-state index in [4.69, 9.17) is 10.5 Å². The zero-order valence-electron chi connectivity index (χ0n) is 12.0. The molecule has 0 aromatic carbocycles. The molecular weight excluding hydrogens is 212 g/mol. The van der Waals surface area contributed by atoms with Gasteiger partial charge in [0.25, 0.3) is 0 Å². The fourth-order valence-corrected chi connectivity index (χ4v) is 3.22. The lowest BCUT2D eigenvalue weighted by molar-refractivity contribution is 0.0546. The third-order valence-corrected chi connectivity index (χ3v) is 4.36. The number of nitrogens with two attached hydrogens (primary N) is 1. The van der Waals surface area contributed by atoms with E-state index in [0.29, 0.717) is 11.5 Å². The van der Waals surface area contributed by atoms with Crippen molar-refractivity contribution >= 4 is 0 Å². The van der Waals surface area contributed by atoms with Gasteiger partial charge in [-0.2, -0.15) is 0 Å². The molecule has 3 heteroatoms. The lowest BCUT2D eigenvalue weighted by Crippen LogP contribution is -2.47. The molecule has 0 radical (unpaired) electrons. The first-order valence-corrected chi connectivity index (χ1v) is 6.92. The standard InChI is InChI=1S/C14H30N2O/c1-12-6-5-7-14(8-12,10-15)11-16(3)13(2)9-17-4/h12-13H,5-11,15H2,1-4H3. The topological polar surface area (TPSA) is 38.5 Å². The fraction of sp³-hybridized carbons (Fsp3) is 1.00. The minimum Gasteiger partial charge on any atom is -0.383 e. The summed E-state index contributed by atoms with van der Waals surface area (Å²) in [7, 11) is 3.96. The van der Waals surface area contributed by atoms with Crippen LogP contribution in [0.5, 0.6) is 0 Å². The summed E-state index contributed by atoms with van der Waals surface area (Å²) in [6.45, 7) is 7.31. The summed E-state index contributed by atoms with van der Waals surface area (Å²) in [5.74, 6) is 0.832. The SMILES string of the molecule is COCC(C)N(C)CC1(CN)CCCC(C)C1. The lowest BCUT2D eigenvalue weighted by Gasteiger charge is -2.43. The summed E-state index contributed by atoms with van der Waals surface area (Å²) in [4.78, 5) is 2.41. The summed E-state index contributed by atoms with van der Waals surface area (Å²) in [6.07, 6.45) is 5.29. The fourth-order valence-electron chi connectivity index (χ4n) is 3.22. The predicted octanol–water partition coefficient (Wildman–Crippen LogP) is 2.11. The summed E-state index contributed by atoms with van der Waals surface area (Å²) < 4.78 is 5.23. The van der Waals surface area contributed by atoms with Crippen molar-refractivity contribution in [3.63, 3.8) is 0 Å². The van der Waals surface area contributed by atoms with E-state index in [1.165, 1.54) is 25.7 Å². The first-order chi connectivity index (χ1) is 8.03. The third kappa shape index (κ3) is 4.23. The van der Waals surface area contributed by atoms with Crippen LogP contribution in [-0.4, -0.2) is 44.8 Å². The molecular formula is C14H30N2O. The number of hydrogen-bond donors (Lipinski definition) is 1. The van der Waals surface area contributed by atoms with Crippen LogP contribution in [0.1, 0.15) is 39.5 Å². The number of rotatable bonds is 6. The maximum atomic E-state index is 6.06. The number of likely N-dealkylation sites (N-methyl/N-ethyl adjacent to an activating group) is 1. The maximum Gasteiger partial charge on any atom is 0.0615 e. The van der Waals surface area contributed by atoms with E-state index in [9.17, 15) is 0 Å². The van der Waals surface area contributed by atoms with E-state index < -0.39 is 0 Å². The summed E-state index contributed by atoms with van der Waals surface area (Å²) in [6, 6.07) is 0.473. The van der Waals surface area contributed by atoms with Crippen LogP contribution in [0.4, 0.5) is 0 Å². The average molecular weight is 242 g/mol. The van der Waals surface area contributed by atoms with E-state index >= 15 is 0 Å². The van der Waals surface area contributed by atoms with Crippen LogP contribution in [0.2, 0.25) is 0 Å². The van der Waals surface area contributed by atoms with Crippen LogP contribution in [0.25, 0.3) is 0 Å². The minimum absolute atomic E-state index is 0.342. The first kappa shape index (κ1) is 14.9. The van der Waals surface area contributed by atoms with Crippen LogP contribution in [-0.2, 0) is 4.74 Å². The maximum absolute atomic E-state index is 6.06. The molecule has 1 aliphatic rings. The molecule has 0 bridgehead atoms. The van der Waals surface area contributed by atoms with Crippen molar-refractivity contribution in [1.29, 1.82) is 0 Å². The van der Waals surface area contributed by atoms with Gasteiger partial charge in [0.05, 0.1) is 6.61 Å². The molecule has 3 nitrogen and oxygen atoms in total. The van der Waals surface area contributed by atoms with Crippen molar-refractivity contribution in [2.24, 2.45) is 17.1 Å². The van der Waals surface area contributed by atoms with Gasteiger partial charge in [0.1, 0.15) is 0 Å². The molecule has 102 valence electrons. The molecule has 1 fully saturated rings. The molecule has 0 amide bonds. The van der Waals surface area contributed by atoms with Gasteiger partial charge in [0.15, 0.2) is 0 Å². The molecule has 1 saturated carbocycles. The van der Waals surface area contributed by atoms with Gasteiger partial charge in [-0.3, -0.25) is 0 Å². The van der Waals surface area contributed by atoms with Gasteiger partial charge in [-0.05, 0) is 44.7 Å².